The number of rotatable bonds is 50. The fourth-order valence-corrected chi connectivity index (χ4v) is 12.7. The molecule has 0 aromatic heterocycles. The van der Waals surface area contributed by atoms with E-state index < -0.39 is 155 Å². The average Bonchev–Trinajstić information content (AvgIpc) is 0.861. The molecule has 12 atom stereocenters. The minimum Gasteiger partial charge on any atom is -0.459 e. The van der Waals surface area contributed by atoms with Gasteiger partial charge in [-0.05, 0) is 174 Å². The zero-order chi connectivity index (χ0) is 85.1. The largest absolute Gasteiger partial charge is 0.459 e. The second-order valence-corrected chi connectivity index (χ2v) is 36.5. The smallest absolute Gasteiger partial charge is 0.408 e. The molecule has 27 nitrogen and oxygen atoms in total. The molecular formula is C84H148N12O15. The highest BCUT2D eigenvalue weighted by atomic mass is 16.6. The zero-order valence-corrected chi connectivity index (χ0v) is 72.6. The van der Waals surface area contributed by atoms with Crippen molar-refractivity contribution in [3.05, 3.63) is 35.9 Å². The van der Waals surface area contributed by atoms with E-state index in [1.54, 1.807) is 20.8 Å². The van der Waals surface area contributed by atoms with Crippen molar-refractivity contribution in [1.82, 2.24) is 63.8 Å². The van der Waals surface area contributed by atoms with E-state index in [-0.39, 0.29) is 155 Å². The summed E-state index contributed by atoms with van der Waals surface area (Å²) in [5.41, 5.74) is -0.0626. The van der Waals surface area contributed by atoms with E-state index >= 15 is 0 Å². The maximum absolute atomic E-state index is 14.8. The molecule has 0 bridgehead atoms. The van der Waals surface area contributed by atoms with Crippen LogP contribution in [0.5, 0.6) is 0 Å². The highest BCUT2D eigenvalue weighted by molar-refractivity contribution is 5.99. The van der Waals surface area contributed by atoms with Gasteiger partial charge in [-0.1, -0.05) is 197 Å². The van der Waals surface area contributed by atoms with Gasteiger partial charge in [-0.3, -0.25) is 52.7 Å². The van der Waals surface area contributed by atoms with Crippen molar-refractivity contribution in [1.29, 1.82) is 0 Å². The van der Waals surface area contributed by atoms with Crippen molar-refractivity contribution in [3.8, 4) is 0 Å². The quantitative estimate of drug-likeness (QED) is 0.0270. The lowest BCUT2D eigenvalue weighted by atomic mass is 9.97. The van der Waals surface area contributed by atoms with Crippen LogP contribution >= 0.6 is 0 Å². The number of alkyl carbamates (subject to hydrolysis) is 1. The number of esters is 1. The van der Waals surface area contributed by atoms with Crippen molar-refractivity contribution in [3.63, 3.8) is 0 Å². The van der Waals surface area contributed by atoms with Crippen LogP contribution in [0, 0.1) is 71.0 Å². The van der Waals surface area contributed by atoms with Crippen LogP contribution in [0.1, 0.15) is 270 Å². The van der Waals surface area contributed by atoms with Gasteiger partial charge < -0.3 is 73.3 Å². The lowest BCUT2D eigenvalue weighted by Gasteiger charge is -2.30. The van der Waals surface area contributed by atoms with E-state index in [2.05, 4.69) is 63.8 Å². The molecule has 0 radical (unpaired) electrons. The van der Waals surface area contributed by atoms with Crippen molar-refractivity contribution >= 4 is 77.0 Å². The number of carbonyl (C=O) groups is 13. The third-order valence-electron chi connectivity index (χ3n) is 17.6. The SMILES string of the molecule is CC(C)C[C@H](NC(=O)OC(C)(C)C)C(=O)N[C@@H](CC(C)C)C(=O)N[C@@H](CC(C)C)C(=O)N[C@@H](CC(C)C)C(=O)N[C@@H](CC(C)C)C(=O)N[C@@H](CC(C)C)C(=O)N[C@@H](CC(C)C)C(=O)N[C@@H](CC(C)C)C(=O)N[C@@H](CC(C)C)C(=O)N[C@@H](CC(C)C)C(=O)N[C@@H](CC(C)C)C(=O)N[C@@H](CC(C)C)C(=O)OCc1ccccc1. The first-order valence-corrected chi connectivity index (χ1v) is 40.9. The van der Waals surface area contributed by atoms with Gasteiger partial charge in [-0.15, -0.1) is 0 Å². The summed E-state index contributed by atoms with van der Waals surface area (Å²) in [4.78, 5) is 186. The molecule has 1 rings (SSSR count). The van der Waals surface area contributed by atoms with E-state index in [0.717, 1.165) is 5.56 Å². The fraction of sp³-hybridized carbons (Fsp3) is 0.774. The molecule has 111 heavy (non-hydrogen) atoms. The highest BCUT2D eigenvalue weighted by Crippen LogP contribution is 2.20. The number of benzene rings is 1. The summed E-state index contributed by atoms with van der Waals surface area (Å²) in [7, 11) is 0. The third kappa shape index (κ3) is 43.1. The van der Waals surface area contributed by atoms with Gasteiger partial charge in [0.25, 0.3) is 0 Å². The Morgan fingerprint density at radius 2 is 0.396 bits per heavy atom. The number of amides is 12. The van der Waals surface area contributed by atoms with Crippen LogP contribution in [0.25, 0.3) is 0 Å². The third-order valence-corrected chi connectivity index (χ3v) is 17.6. The number of nitrogens with one attached hydrogen (secondary N) is 12. The predicted octanol–water partition coefficient (Wildman–Crippen LogP) is 9.51. The molecule has 0 aliphatic heterocycles. The van der Waals surface area contributed by atoms with Crippen LogP contribution in [-0.2, 0) is 73.6 Å². The molecule has 634 valence electrons. The average molecular weight is 1570 g/mol. The van der Waals surface area contributed by atoms with Crippen molar-refractivity contribution in [2.45, 2.75) is 349 Å². The summed E-state index contributed by atoms with van der Waals surface area (Å²) in [6.07, 6.45) is 1.08. The lowest BCUT2D eigenvalue weighted by molar-refractivity contribution is -0.150. The number of carbonyl (C=O) groups excluding carboxylic acids is 13. The van der Waals surface area contributed by atoms with Crippen molar-refractivity contribution in [2.24, 2.45) is 71.0 Å². The zero-order valence-electron chi connectivity index (χ0n) is 72.6. The minimum atomic E-state index is -1.24. The molecule has 0 saturated carbocycles. The molecule has 27 heteroatoms. The standard InChI is InChI=1S/C84H148N12O15/c1-46(2)33-59(86-73(99)61(35-48(5)6)88-75(101)63(37-50(9)10)90-77(103)65(39-52(13)14)92-79(105)67(41-54(17)18)94-81(107)69(43-56(21)22)96-83(109)111-84(25,26)27)71(97)85-60(34-47(3)4)72(98)87-62(36-49(7)8)74(100)89-64(38-51(11)12)76(102)91-66(40-53(15)16)78(104)93-68(42-55(19)20)80(106)95-70(44-57(23)24)82(108)110-45-58-31-29-28-30-32-58/h28-32,46-57,59-70H,33-45H2,1-27H3,(H,85,97)(H,86,99)(H,87,98)(H,88,101)(H,89,100)(H,90,103)(H,91,102)(H,92,105)(H,93,104)(H,94,107)(H,95,106)(H,96,109)/t59-,60-,61-,62-,63-,64-,65-,66-,67-,68-,69-,70-/m0/s1. The molecule has 0 aliphatic rings. The Morgan fingerprint density at radius 1 is 0.243 bits per heavy atom. The topological polar surface area (TPSA) is 385 Å². The van der Waals surface area contributed by atoms with E-state index in [1.807, 2.05) is 197 Å². The molecule has 0 fully saturated rings. The van der Waals surface area contributed by atoms with Crippen LogP contribution in [0.15, 0.2) is 30.3 Å². The van der Waals surface area contributed by atoms with Gasteiger partial charge in [0.15, 0.2) is 0 Å². The molecule has 0 aliphatic carbocycles. The van der Waals surface area contributed by atoms with Crippen LogP contribution < -0.4 is 63.8 Å². The number of hydrogen-bond donors (Lipinski definition) is 12. The molecule has 1 aromatic rings. The fourth-order valence-electron chi connectivity index (χ4n) is 12.7. The predicted molar refractivity (Wildman–Crippen MR) is 434 cm³/mol. The molecular weight excluding hydrogens is 1420 g/mol. The summed E-state index contributed by atoms with van der Waals surface area (Å²) in [5, 5.41) is 34.1. The van der Waals surface area contributed by atoms with E-state index in [4.69, 9.17) is 9.47 Å². The van der Waals surface area contributed by atoms with Crippen molar-refractivity contribution < 1.29 is 71.8 Å². The molecule has 12 amide bonds. The lowest BCUT2D eigenvalue weighted by Crippen LogP contribution is -2.61. The molecule has 1 aromatic carbocycles. The van der Waals surface area contributed by atoms with Gasteiger partial charge in [-0.25, -0.2) is 9.59 Å². The second-order valence-electron chi connectivity index (χ2n) is 36.5. The summed E-state index contributed by atoms with van der Waals surface area (Å²) in [6, 6.07) is -4.84. The maximum Gasteiger partial charge on any atom is 0.408 e. The Bertz CT molecular complexity index is 3090. The minimum absolute atomic E-state index is 0.00452. The second kappa shape index (κ2) is 50.3. The van der Waals surface area contributed by atoms with Gasteiger partial charge in [0.1, 0.15) is 84.7 Å². The number of ether oxygens (including phenoxy) is 2. The van der Waals surface area contributed by atoms with Gasteiger partial charge in [0.05, 0.1) is 0 Å². The normalized spacial score (nSPS) is 15.2. The Morgan fingerprint density at radius 3 is 0.559 bits per heavy atom. The van der Waals surface area contributed by atoms with E-state index in [9.17, 15) is 62.3 Å². The monoisotopic (exact) mass is 1570 g/mol. The first-order valence-electron chi connectivity index (χ1n) is 40.9. The van der Waals surface area contributed by atoms with Gasteiger partial charge in [-0.2, -0.15) is 0 Å². The molecule has 0 spiro atoms. The highest BCUT2D eigenvalue weighted by Gasteiger charge is 2.39. The Balaban J connectivity index is 3.63. The van der Waals surface area contributed by atoms with Crippen LogP contribution in [-0.4, -0.2) is 155 Å². The van der Waals surface area contributed by atoms with Crippen LogP contribution in [0.2, 0.25) is 0 Å². The van der Waals surface area contributed by atoms with Gasteiger partial charge in [0, 0.05) is 0 Å². The Labute approximate surface area is 665 Å². The Hall–Kier alpha value is -7.87. The summed E-state index contributed by atoms with van der Waals surface area (Å²) < 4.78 is 11.1. The summed E-state index contributed by atoms with van der Waals surface area (Å²) in [5.74, 6) is -9.50. The van der Waals surface area contributed by atoms with Gasteiger partial charge in [0.2, 0.25) is 65.0 Å². The van der Waals surface area contributed by atoms with Crippen molar-refractivity contribution in [2.75, 3.05) is 0 Å². The summed E-state index contributed by atoms with van der Waals surface area (Å²) >= 11 is 0. The maximum atomic E-state index is 14.8. The molecule has 0 unspecified atom stereocenters. The molecule has 0 heterocycles. The van der Waals surface area contributed by atoms with Crippen LogP contribution in [0.3, 0.4) is 0 Å². The number of hydrogen-bond acceptors (Lipinski definition) is 15. The van der Waals surface area contributed by atoms with Crippen LogP contribution in [0.4, 0.5) is 4.79 Å². The first kappa shape index (κ1) is 101. The van der Waals surface area contributed by atoms with E-state index in [1.165, 1.54) is 0 Å². The molecule has 0 saturated heterocycles. The molecule has 12 N–H and O–H groups in total. The Kier molecular flexibility index (Phi) is 45.8. The first-order chi connectivity index (χ1) is 51.4. The summed E-state index contributed by atoms with van der Waals surface area (Å²) in [6.45, 7) is 50.0. The van der Waals surface area contributed by atoms with Gasteiger partial charge >= 0.3 is 12.1 Å². The van der Waals surface area contributed by atoms with E-state index in [0.29, 0.717) is 0 Å².